The number of aryl methyl sites for hydroxylation is 1. The quantitative estimate of drug-likeness (QED) is 0.348. The Morgan fingerprint density at radius 1 is 1.03 bits per heavy atom. The van der Waals surface area contributed by atoms with Crippen LogP contribution in [0, 0.1) is 6.92 Å². The Morgan fingerprint density at radius 2 is 1.78 bits per heavy atom. The molecule has 1 aromatic heterocycles. The predicted octanol–water partition coefficient (Wildman–Crippen LogP) is 5.79. The number of carbonyl (C=O) groups is 1. The summed E-state index contributed by atoms with van der Waals surface area (Å²) in [6.45, 7) is 1.88. The summed E-state index contributed by atoms with van der Waals surface area (Å²) >= 11 is 0. The van der Waals surface area contributed by atoms with Gasteiger partial charge in [-0.3, -0.25) is 4.79 Å². The standard InChI is InChI=1S/C27H25NO4/c1-18-8-10-20(11-9-18)25(28-22-14-19(17-29)15-23(16-22)31-2)26(30)24-12-13-32-27(24)21-6-4-3-5-7-21/h3-16,25,28-29H,17H2,1-2H3. The van der Waals surface area contributed by atoms with Crippen LogP contribution in [0.15, 0.2) is 89.5 Å². The zero-order valence-electron chi connectivity index (χ0n) is 18.0. The molecule has 0 saturated heterocycles. The monoisotopic (exact) mass is 427 g/mol. The van der Waals surface area contributed by atoms with Crippen molar-refractivity contribution in [2.75, 3.05) is 12.4 Å². The van der Waals surface area contributed by atoms with E-state index >= 15 is 0 Å². The van der Waals surface area contributed by atoms with Crippen LogP contribution in [-0.2, 0) is 6.61 Å². The number of anilines is 1. The molecule has 0 aliphatic rings. The molecule has 0 spiro atoms. The van der Waals surface area contributed by atoms with E-state index < -0.39 is 6.04 Å². The summed E-state index contributed by atoms with van der Waals surface area (Å²) in [5, 5.41) is 13.0. The number of hydrogen-bond acceptors (Lipinski definition) is 5. The van der Waals surface area contributed by atoms with Gasteiger partial charge in [-0.1, -0.05) is 60.2 Å². The summed E-state index contributed by atoms with van der Waals surface area (Å²) in [5.41, 5.74) is 4.64. The van der Waals surface area contributed by atoms with Gasteiger partial charge in [-0.05, 0) is 36.2 Å². The summed E-state index contributed by atoms with van der Waals surface area (Å²) in [6.07, 6.45) is 1.54. The normalized spacial score (nSPS) is 11.7. The second kappa shape index (κ2) is 9.54. The van der Waals surface area contributed by atoms with Gasteiger partial charge in [-0.25, -0.2) is 0 Å². The Balaban J connectivity index is 1.75. The zero-order chi connectivity index (χ0) is 22.5. The lowest BCUT2D eigenvalue weighted by atomic mass is 9.95. The van der Waals surface area contributed by atoms with Crippen LogP contribution in [0.2, 0.25) is 0 Å². The Labute approximate surface area is 187 Å². The molecule has 4 rings (SSSR count). The summed E-state index contributed by atoms with van der Waals surface area (Å²) in [5.74, 6) is 1.02. The number of ether oxygens (including phenoxy) is 1. The second-order valence-corrected chi connectivity index (χ2v) is 7.61. The third-order valence-corrected chi connectivity index (χ3v) is 5.34. The minimum Gasteiger partial charge on any atom is -0.497 e. The third-order valence-electron chi connectivity index (χ3n) is 5.34. The second-order valence-electron chi connectivity index (χ2n) is 7.61. The molecule has 1 atom stereocenters. The highest BCUT2D eigenvalue weighted by Gasteiger charge is 2.26. The van der Waals surface area contributed by atoms with Crippen LogP contribution in [0.3, 0.4) is 0 Å². The van der Waals surface area contributed by atoms with E-state index in [-0.39, 0.29) is 12.4 Å². The zero-order valence-corrected chi connectivity index (χ0v) is 18.0. The van der Waals surface area contributed by atoms with Crippen LogP contribution in [0.5, 0.6) is 5.75 Å². The summed E-state index contributed by atoms with van der Waals surface area (Å²) in [4.78, 5) is 13.8. The molecule has 1 unspecified atom stereocenters. The highest BCUT2D eigenvalue weighted by Crippen LogP contribution is 2.32. The summed E-state index contributed by atoms with van der Waals surface area (Å²) in [6, 6.07) is 23.9. The first kappa shape index (κ1) is 21.4. The lowest BCUT2D eigenvalue weighted by Gasteiger charge is -2.21. The molecule has 3 aromatic carbocycles. The highest BCUT2D eigenvalue weighted by atomic mass is 16.5. The topological polar surface area (TPSA) is 71.7 Å². The van der Waals surface area contributed by atoms with Gasteiger partial charge in [0, 0.05) is 17.3 Å². The number of benzene rings is 3. The fraction of sp³-hybridized carbons (Fsp3) is 0.148. The minimum atomic E-state index is -0.658. The summed E-state index contributed by atoms with van der Waals surface area (Å²) < 4.78 is 11.1. The van der Waals surface area contributed by atoms with Crippen molar-refractivity contribution in [2.45, 2.75) is 19.6 Å². The number of furan rings is 1. The number of ketones is 1. The SMILES string of the molecule is COc1cc(CO)cc(NC(C(=O)c2ccoc2-c2ccccc2)c2ccc(C)cc2)c1. The molecule has 2 N–H and O–H groups in total. The first-order valence-electron chi connectivity index (χ1n) is 10.4. The number of aliphatic hydroxyl groups is 1. The maximum absolute atomic E-state index is 13.8. The van der Waals surface area contributed by atoms with Gasteiger partial charge in [0.15, 0.2) is 5.78 Å². The van der Waals surface area contributed by atoms with E-state index in [9.17, 15) is 9.90 Å². The molecule has 5 heteroatoms. The first-order chi connectivity index (χ1) is 15.6. The highest BCUT2D eigenvalue weighted by molar-refractivity contribution is 6.06. The predicted molar refractivity (Wildman–Crippen MR) is 125 cm³/mol. The molecule has 0 radical (unpaired) electrons. The van der Waals surface area contributed by atoms with Gasteiger partial charge in [-0.2, -0.15) is 0 Å². The fourth-order valence-corrected chi connectivity index (χ4v) is 3.65. The van der Waals surface area contributed by atoms with Gasteiger partial charge >= 0.3 is 0 Å². The molecule has 0 amide bonds. The van der Waals surface area contributed by atoms with Crippen LogP contribution in [0.25, 0.3) is 11.3 Å². The van der Waals surface area contributed by atoms with Gasteiger partial charge in [0.2, 0.25) is 0 Å². The number of aliphatic hydroxyl groups excluding tert-OH is 1. The molecule has 162 valence electrons. The lowest BCUT2D eigenvalue weighted by molar-refractivity contribution is 0.0969. The molecule has 0 aliphatic heterocycles. The Hall–Kier alpha value is -3.83. The number of Topliss-reactive ketones (excluding diaryl/α,β-unsaturated/α-hetero) is 1. The third kappa shape index (κ3) is 4.58. The van der Waals surface area contributed by atoms with E-state index in [1.54, 1.807) is 25.3 Å². The van der Waals surface area contributed by atoms with E-state index in [0.29, 0.717) is 28.3 Å². The molecule has 0 aliphatic carbocycles. The Morgan fingerprint density at radius 3 is 2.47 bits per heavy atom. The smallest absolute Gasteiger partial charge is 0.193 e. The molecule has 0 bridgehead atoms. The van der Waals surface area contributed by atoms with Crippen molar-refractivity contribution in [3.8, 4) is 17.1 Å². The lowest BCUT2D eigenvalue weighted by Crippen LogP contribution is -2.21. The van der Waals surface area contributed by atoms with Crippen molar-refractivity contribution >= 4 is 11.5 Å². The van der Waals surface area contributed by atoms with Crippen molar-refractivity contribution in [2.24, 2.45) is 0 Å². The van der Waals surface area contributed by atoms with Gasteiger partial charge in [0.1, 0.15) is 17.6 Å². The number of methoxy groups -OCH3 is 1. The van der Waals surface area contributed by atoms with Crippen molar-refractivity contribution in [1.29, 1.82) is 0 Å². The fourth-order valence-electron chi connectivity index (χ4n) is 3.65. The van der Waals surface area contributed by atoms with Gasteiger partial charge in [0.05, 0.1) is 25.5 Å². The average Bonchev–Trinajstić information content (AvgIpc) is 3.33. The van der Waals surface area contributed by atoms with Crippen LogP contribution >= 0.6 is 0 Å². The maximum atomic E-state index is 13.8. The Kier molecular flexibility index (Phi) is 6.38. The first-order valence-corrected chi connectivity index (χ1v) is 10.4. The van der Waals surface area contributed by atoms with E-state index in [1.165, 1.54) is 6.26 Å². The molecule has 32 heavy (non-hydrogen) atoms. The van der Waals surface area contributed by atoms with E-state index in [4.69, 9.17) is 9.15 Å². The van der Waals surface area contributed by atoms with Crippen LogP contribution in [-0.4, -0.2) is 18.0 Å². The number of hydrogen-bond donors (Lipinski definition) is 2. The molecular formula is C27H25NO4. The van der Waals surface area contributed by atoms with Gasteiger partial charge in [-0.15, -0.1) is 0 Å². The molecule has 0 fully saturated rings. The van der Waals surface area contributed by atoms with E-state index in [2.05, 4.69) is 5.32 Å². The van der Waals surface area contributed by atoms with Crippen molar-refractivity contribution in [3.05, 3.63) is 107 Å². The van der Waals surface area contributed by atoms with Crippen molar-refractivity contribution in [3.63, 3.8) is 0 Å². The van der Waals surface area contributed by atoms with Crippen molar-refractivity contribution < 1.29 is 19.1 Å². The van der Waals surface area contributed by atoms with Gasteiger partial charge in [0.25, 0.3) is 0 Å². The molecule has 0 saturated carbocycles. The van der Waals surface area contributed by atoms with Crippen molar-refractivity contribution in [1.82, 2.24) is 0 Å². The number of rotatable bonds is 8. The average molecular weight is 428 g/mol. The largest absolute Gasteiger partial charge is 0.497 e. The summed E-state index contributed by atoms with van der Waals surface area (Å²) in [7, 11) is 1.57. The van der Waals surface area contributed by atoms with Crippen LogP contribution in [0.1, 0.15) is 33.1 Å². The molecule has 1 heterocycles. The molecule has 5 nitrogen and oxygen atoms in total. The van der Waals surface area contributed by atoms with Crippen LogP contribution in [0.4, 0.5) is 5.69 Å². The minimum absolute atomic E-state index is 0.116. The maximum Gasteiger partial charge on any atom is 0.193 e. The van der Waals surface area contributed by atoms with E-state index in [0.717, 1.165) is 16.7 Å². The molecule has 4 aromatic rings. The van der Waals surface area contributed by atoms with Gasteiger partial charge < -0.3 is 19.6 Å². The van der Waals surface area contributed by atoms with Crippen LogP contribution < -0.4 is 10.1 Å². The van der Waals surface area contributed by atoms with E-state index in [1.807, 2.05) is 67.6 Å². The number of nitrogens with one attached hydrogen (secondary N) is 1. The molecular weight excluding hydrogens is 402 g/mol. The Bertz CT molecular complexity index is 1170. The number of carbonyl (C=O) groups excluding carboxylic acids is 1.